The Hall–Kier alpha value is -1.60. The molecule has 1 aliphatic heterocycles. The van der Waals surface area contributed by atoms with E-state index in [4.69, 9.17) is 9.47 Å². The first-order valence-corrected chi connectivity index (χ1v) is 9.12. The first-order valence-electron chi connectivity index (χ1n) is 9.12. The lowest BCUT2D eigenvalue weighted by Crippen LogP contribution is -2.50. The summed E-state index contributed by atoms with van der Waals surface area (Å²) in [6, 6.07) is -0.441. The minimum atomic E-state index is -0.988. The van der Waals surface area contributed by atoms with Gasteiger partial charge in [0.1, 0.15) is 6.04 Å². The van der Waals surface area contributed by atoms with E-state index in [9.17, 15) is 14.7 Å². The van der Waals surface area contributed by atoms with Crippen LogP contribution in [0.5, 0.6) is 0 Å². The fourth-order valence-corrected chi connectivity index (χ4v) is 3.47. The third-order valence-corrected chi connectivity index (χ3v) is 4.98. The van der Waals surface area contributed by atoms with E-state index in [-0.39, 0.29) is 23.8 Å². The monoisotopic (exact) mass is 354 g/mol. The van der Waals surface area contributed by atoms with Crippen LogP contribution in [-0.2, 0) is 19.1 Å². The molecule has 1 fully saturated rings. The summed E-state index contributed by atoms with van der Waals surface area (Å²) < 4.78 is 11.3. The molecule has 0 aromatic carbocycles. The van der Waals surface area contributed by atoms with Gasteiger partial charge in [0.05, 0.1) is 18.8 Å². The van der Waals surface area contributed by atoms with Crippen LogP contribution in [-0.4, -0.2) is 60.0 Å². The van der Waals surface area contributed by atoms with Gasteiger partial charge in [-0.25, -0.2) is 4.79 Å². The smallest absolute Gasteiger partial charge is 0.333 e. The van der Waals surface area contributed by atoms with Crippen LogP contribution in [0.2, 0.25) is 0 Å². The Kier molecular flexibility index (Phi) is 6.46. The molecule has 0 radical (unpaired) electrons. The van der Waals surface area contributed by atoms with E-state index in [1.807, 2.05) is 27.7 Å². The van der Waals surface area contributed by atoms with E-state index in [2.05, 4.69) is 5.32 Å². The molecule has 2 aliphatic rings. The van der Waals surface area contributed by atoms with Gasteiger partial charge in [0.2, 0.25) is 5.91 Å². The summed E-state index contributed by atoms with van der Waals surface area (Å²) in [5, 5.41) is 12.9. The van der Waals surface area contributed by atoms with Crippen molar-refractivity contribution in [3.8, 4) is 0 Å². The average molecular weight is 354 g/mol. The molecule has 1 spiro atoms. The zero-order chi connectivity index (χ0) is 18.6. The van der Waals surface area contributed by atoms with Gasteiger partial charge in [-0.3, -0.25) is 4.79 Å². The predicted molar refractivity (Wildman–Crippen MR) is 92.8 cm³/mol. The van der Waals surface area contributed by atoms with Crippen molar-refractivity contribution in [1.82, 2.24) is 10.2 Å². The molecule has 2 rings (SSSR count). The highest BCUT2D eigenvalue weighted by atomic mass is 16.7. The Morgan fingerprint density at radius 3 is 2.32 bits per heavy atom. The third-order valence-electron chi connectivity index (χ3n) is 4.98. The topological polar surface area (TPSA) is 88.1 Å². The first-order chi connectivity index (χ1) is 11.8. The van der Waals surface area contributed by atoms with Crippen LogP contribution in [0.4, 0.5) is 0 Å². The number of nitrogens with zero attached hydrogens (tertiary/aromatic N) is 1. The van der Waals surface area contributed by atoms with E-state index in [1.54, 1.807) is 4.90 Å². The quantitative estimate of drug-likeness (QED) is 0.724. The zero-order valence-electron chi connectivity index (χ0n) is 15.6. The van der Waals surface area contributed by atoms with Gasteiger partial charge in [-0.2, -0.15) is 0 Å². The van der Waals surface area contributed by atoms with Gasteiger partial charge in [-0.05, 0) is 26.2 Å². The zero-order valence-corrected chi connectivity index (χ0v) is 15.6. The number of nitrogens with one attached hydrogen (secondary N) is 1. The Bertz CT molecular complexity index is 534. The molecule has 7 nitrogen and oxygen atoms in total. The highest BCUT2D eigenvalue weighted by Crippen LogP contribution is 2.38. The van der Waals surface area contributed by atoms with Crippen molar-refractivity contribution < 1.29 is 24.2 Å². The summed E-state index contributed by atoms with van der Waals surface area (Å²) in [5.41, 5.74) is 0.877. The molecule has 142 valence electrons. The van der Waals surface area contributed by atoms with Crippen LogP contribution >= 0.6 is 0 Å². The number of carboxylic acid groups (broad SMARTS) is 1. The summed E-state index contributed by atoms with van der Waals surface area (Å²) in [4.78, 5) is 26.3. The lowest BCUT2D eigenvalue weighted by atomic mass is 9.89. The van der Waals surface area contributed by atoms with Crippen LogP contribution < -0.4 is 5.32 Å². The van der Waals surface area contributed by atoms with Gasteiger partial charge in [-0.1, -0.05) is 13.8 Å². The normalized spacial score (nSPS) is 20.8. The molecule has 0 aromatic heterocycles. The van der Waals surface area contributed by atoms with Crippen molar-refractivity contribution in [2.45, 2.75) is 58.8 Å². The SMILES string of the molecule is CCN(CC)C(=O)C(NC1=C(C(=O)O)CC2(CC1)OCCO2)C(C)C. The molecule has 1 aliphatic carbocycles. The number of aliphatic carboxylic acids is 1. The molecule has 1 atom stereocenters. The molecule has 25 heavy (non-hydrogen) atoms. The van der Waals surface area contributed by atoms with E-state index in [0.717, 1.165) is 0 Å². The average Bonchev–Trinajstić information content (AvgIpc) is 3.02. The lowest BCUT2D eigenvalue weighted by molar-refractivity contribution is -0.167. The van der Waals surface area contributed by atoms with Crippen LogP contribution in [0.25, 0.3) is 0 Å². The summed E-state index contributed by atoms with van der Waals surface area (Å²) in [6.07, 6.45) is 1.29. The minimum Gasteiger partial charge on any atom is -0.478 e. The van der Waals surface area contributed by atoms with E-state index in [0.29, 0.717) is 44.8 Å². The molecular formula is C18H30N2O5. The van der Waals surface area contributed by atoms with Gasteiger partial charge < -0.3 is 24.8 Å². The minimum absolute atomic E-state index is 0.00546. The molecule has 1 amide bonds. The highest BCUT2D eigenvalue weighted by molar-refractivity contribution is 5.88. The number of likely N-dealkylation sites (N-methyl/N-ethyl adjacent to an activating group) is 1. The van der Waals surface area contributed by atoms with Gasteiger partial charge in [0.15, 0.2) is 5.79 Å². The second-order valence-electron chi connectivity index (χ2n) is 6.92. The van der Waals surface area contributed by atoms with Gasteiger partial charge >= 0.3 is 5.97 Å². The number of hydrogen-bond donors (Lipinski definition) is 2. The van der Waals surface area contributed by atoms with Crippen LogP contribution in [0.1, 0.15) is 47.0 Å². The van der Waals surface area contributed by atoms with E-state index >= 15 is 0 Å². The second kappa shape index (κ2) is 8.19. The number of rotatable bonds is 7. The largest absolute Gasteiger partial charge is 0.478 e. The predicted octanol–water partition coefficient (Wildman–Crippen LogP) is 1.73. The number of carboxylic acids is 1. The third kappa shape index (κ3) is 4.33. The standard InChI is InChI=1S/C18H30N2O5/c1-5-20(6-2)16(21)15(12(3)4)19-14-7-8-18(24-9-10-25-18)11-13(14)17(22)23/h12,15,19H,5-11H2,1-4H3,(H,22,23). The lowest BCUT2D eigenvalue weighted by Gasteiger charge is -2.36. The van der Waals surface area contributed by atoms with Gasteiger partial charge in [0, 0.05) is 31.6 Å². The van der Waals surface area contributed by atoms with Crippen LogP contribution in [0.3, 0.4) is 0 Å². The Labute approximate surface area is 149 Å². The van der Waals surface area contributed by atoms with Crippen molar-refractivity contribution >= 4 is 11.9 Å². The summed E-state index contributed by atoms with van der Waals surface area (Å²) in [5.74, 6) is -1.75. The highest BCUT2D eigenvalue weighted by Gasteiger charge is 2.43. The molecular weight excluding hydrogens is 324 g/mol. The summed E-state index contributed by atoms with van der Waals surface area (Å²) in [6.45, 7) is 10.1. The molecule has 0 aromatic rings. The number of allylic oxidation sites excluding steroid dienone is 1. The molecule has 0 bridgehead atoms. The van der Waals surface area contributed by atoms with Crippen molar-refractivity contribution in [2.24, 2.45) is 5.92 Å². The van der Waals surface area contributed by atoms with Crippen molar-refractivity contribution in [1.29, 1.82) is 0 Å². The molecule has 1 saturated heterocycles. The van der Waals surface area contributed by atoms with Gasteiger partial charge in [-0.15, -0.1) is 0 Å². The maximum atomic E-state index is 12.8. The maximum Gasteiger partial charge on any atom is 0.333 e. The van der Waals surface area contributed by atoms with Gasteiger partial charge in [0.25, 0.3) is 0 Å². The van der Waals surface area contributed by atoms with E-state index in [1.165, 1.54) is 0 Å². The molecule has 1 heterocycles. The molecule has 0 saturated carbocycles. The first kappa shape index (κ1) is 19.7. The van der Waals surface area contributed by atoms with E-state index < -0.39 is 17.8 Å². The fourth-order valence-electron chi connectivity index (χ4n) is 3.47. The Balaban J connectivity index is 2.23. The van der Waals surface area contributed by atoms with Crippen molar-refractivity contribution in [3.63, 3.8) is 0 Å². The second-order valence-corrected chi connectivity index (χ2v) is 6.92. The number of carbonyl (C=O) groups is 2. The number of amides is 1. The molecule has 7 heteroatoms. The summed E-state index contributed by atoms with van der Waals surface area (Å²) in [7, 11) is 0. The molecule has 2 N–H and O–H groups in total. The van der Waals surface area contributed by atoms with Crippen LogP contribution in [0.15, 0.2) is 11.3 Å². The number of hydrogen-bond acceptors (Lipinski definition) is 5. The molecule has 1 unspecified atom stereocenters. The Morgan fingerprint density at radius 2 is 1.84 bits per heavy atom. The summed E-state index contributed by atoms with van der Waals surface area (Å²) >= 11 is 0. The fraction of sp³-hybridized carbons (Fsp3) is 0.778. The van der Waals surface area contributed by atoms with Crippen molar-refractivity contribution in [3.05, 3.63) is 11.3 Å². The number of ether oxygens (including phenoxy) is 2. The Morgan fingerprint density at radius 1 is 1.24 bits per heavy atom. The maximum absolute atomic E-state index is 12.8. The van der Waals surface area contributed by atoms with Crippen molar-refractivity contribution in [2.75, 3.05) is 26.3 Å². The number of carbonyl (C=O) groups excluding carboxylic acids is 1. The van der Waals surface area contributed by atoms with Crippen LogP contribution in [0, 0.1) is 5.92 Å².